The molecule has 4 heteroatoms. The molecule has 1 aliphatic heterocycles. The first kappa shape index (κ1) is 12.7. The topological polar surface area (TPSA) is 27.1 Å². The summed E-state index contributed by atoms with van der Waals surface area (Å²) in [5, 5.41) is 4.35. The molecule has 100 valence electrons. The normalized spacial score (nSPS) is 20.0. The molecular weight excluding hydrogens is 260 g/mol. The van der Waals surface area contributed by atoms with Gasteiger partial charge in [0.25, 0.3) is 0 Å². The maximum absolute atomic E-state index is 6.06. The molecule has 0 aliphatic carbocycles. The summed E-state index contributed by atoms with van der Waals surface area (Å²) in [5.74, 6) is 0. The lowest BCUT2D eigenvalue weighted by molar-refractivity contribution is 0.0283. The zero-order chi connectivity index (χ0) is 13.2. The number of halogens is 1. The van der Waals surface area contributed by atoms with Gasteiger partial charge < -0.3 is 4.74 Å². The third-order valence-electron chi connectivity index (χ3n) is 3.56. The maximum Gasteiger partial charge on any atom is 0.102 e. The lowest BCUT2D eigenvalue weighted by Gasteiger charge is -2.25. The Labute approximate surface area is 118 Å². The fourth-order valence-electron chi connectivity index (χ4n) is 2.48. The summed E-state index contributed by atoms with van der Waals surface area (Å²) in [4.78, 5) is 0. The van der Waals surface area contributed by atoms with E-state index in [-0.39, 0.29) is 11.5 Å². The molecule has 0 amide bonds. The third kappa shape index (κ3) is 2.67. The van der Waals surface area contributed by atoms with Crippen LogP contribution in [0.3, 0.4) is 0 Å². The Hall–Kier alpha value is -1.32. The van der Waals surface area contributed by atoms with Crippen LogP contribution in [0.25, 0.3) is 0 Å². The number of ether oxygens (including phenoxy) is 1. The molecule has 0 spiro atoms. The quantitative estimate of drug-likeness (QED) is 0.803. The van der Waals surface area contributed by atoms with Crippen LogP contribution in [0.4, 0.5) is 0 Å². The highest BCUT2D eigenvalue weighted by Crippen LogP contribution is 2.28. The van der Waals surface area contributed by atoms with Crippen LogP contribution in [0.5, 0.6) is 0 Å². The zero-order valence-electron chi connectivity index (χ0n) is 10.9. The minimum absolute atomic E-state index is 0.00619. The van der Waals surface area contributed by atoms with Crippen molar-refractivity contribution in [3.05, 3.63) is 53.3 Å². The maximum atomic E-state index is 6.06. The highest BCUT2D eigenvalue weighted by molar-refractivity contribution is 6.20. The Morgan fingerprint density at radius 3 is 3.11 bits per heavy atom. The molecule has 2 aromatic rings. The third-order valence-corrected chi connectivity index (χ3v) is 3.81. The largest absolute Gasteiger partial charge is 0.371 e. The number of hydrogen-bond acceptors (Lipinski definition) is 2. The summed E-state index contributed by atoms with van der Waals surface area (Å²) >= 11 is 6.06. The van der Waals surface area contributed by atoms with Gasteiger partial charge in [0.05, 0.1) is 24.7 Å². The fourth-order valence-corrected chi connectivity index (χ4v) is 2.60. The van der Waals surface area contributed by atoms with E-state index in [1.165, 1.54) is 11.1 Å². The Morgan fingerprint density at radius 1 is 1.47 bits per heavy atom. The Balaban J connectivity index is 1.80. The van der Waals surface area contributed by atoms with E-state index in [0.29, 0.717) is 0 Å². The second-order valence-corrected chi connectivity index (χ2v) is 5.57. The van der Waals surface area contributed by atoms with Gasteiger partial charge in [0.1, 0.15) is 6.10 Å². The van der Waals surface area contributed by atoms with E-state index in [0.717, 1.165) is 25.1 Å². The monoisotopic (exact) mass is 276 g/mol. The standard InChI is InChI=1S/C15H17ClN2O/c1-11(16)13-8-17-18(9-13)10-15-14-5-3-2-4-12(14)6-7-19-15/h2-5,8-9,11,15H,6-7,10H2,1H3. The van der Waals surface area contributed by atoms with E-state index in [2.05, 4.69) is 29.4 Å². The van der Waals surface area contributed by atoms with Crippen LogP contribution in [-0.4, -0.2) is 16.4 Å². The van der Waals surface area contributed by atoms with Gasteiger partial charge in [-0.05, 0) is 24.5 Å². The highest BCUT2D eigenvalue weighted by atomic mass is 35.5. The van der Waals surface area contributed by atoms with Crippen molar-refractivity contribution in [2.45, 2.75) is 31.4 Å². The van der Waals surface area contributed by atoms with E-state index in [1.807, 2.05) is 24.0 Å². The van der Waals surface area contributed by atoms with Gasteiger partial charge in [-0.15, -0.1) is 11.6 Å². The fraction of sp³-hybridized carbons (Fsp3) is 0.400. The molecule has 0 N–H and O–H groups in total. The average Bonchev–Trinajstić information content (AvgIpc) is 2.88. The molecule has 0 bridgehead atoms. The predicted octanol–water partition coefficient (Wildman–Crippen LogP) is 3.50. The molecule has 1 aliphatic rings. The Kier molecular flexibility index (Phi) is 3.58. The number of rotatable bonds is 3. The van der Waals surface area contributed by atoms with Gasteiger partial charge in [0.2, 0.25) is 0 Å². The predicted molar refractivity (Wildman–Crippen MR) is 75.3 cm³/mol. The van der Waals surface area contributed by atoms with Gasteiger partial charge in [0, 0.05) is 11.8 Å². The van der Waals surface area contributed by atoms with Crippen molar-refractivity contribution in [3.63, 3.8) is 0 Å². The zero-order valence-corrected chi connectivity index (χ0v) is 11.7. The van der Waals surface area contributed by atoms with Crippen molar-refractivity contribution >= 4 is 11.6 Å². The summed E-state index contributed by atoms with van der Waals surface area (Å²) < 4.78 is 7.80. The molecule has 19 heavy (non-hydrogen) atoms. The van der Waals surface area contributed by atoms with Gasteiger partial charge >= 0.3 is 0 Å². The van der Waals surface area contributed by atoms with Crippen molar-refractivity contribution in [2.75, 3.05) is 6.61 Å². The summed E-state index contributed by atoms with van der Waals surface area (Å²) in [6, 6.07) is 8.48. The van der Waals surface area contributed by atoms with Gasteiger partial charge in [-0.1, -0.05) is 24.3 Å². The smallest absolute Gasteiger partial charge is 0.102 e. The van der Waals surface area contributed by atoms with Gasteiger partial charge in [-0.2, -0.15) is 5.10 Å². The van der Waals surface area contributed by atoms with Crippen LogP contribution in [-0.2, 0) is 17.7 Å². The van der Waals surface area contributed by atoms with Crippen LogP contribution >= 0.6 is 11.6 Å². The van der Waals surface area contributed by atoms with Crippen molar-refractivity contribution in [1.82, 2.24) is 9.78 Å². The number of nitrogens with zero attached hydrogens (tertiary/aromatic N) is 2. The molecular formula is C15H17ClN2O. The highest BCUT2D eigenvalue weighted by Gasteiger charge is 2.21. The molecule has 0 saturated carbocycles. The van der Waals surface area contributed by atoms with Crippen molar-refractivity contribution in [1.29, 1.82) is 0 Å². The molecule has 2 atom stereocenters. The molecule has 1 aromatic carbocycles. The molecule has 3 nitrogen and oxygen atoms in total. The first-order chi connectivity index (χ1) is 9.24. The number of aromatic nitrogens is 2. The molecule has 0 fully saturated rings. The lowest BCUT2D eigenvalue weighted by atomic mass is 9.98. The molecule has 1 aromatic heterocycles. The molecule has 0 saturated heterocycles. The van der Waals surface area contributed by atoms with Crippen LogP contribution in [0.1, 0.15) is 35.1 Å². The minimum Gasteiger partial charge on any atom is -0.371 e. The molecule has 0 radical (unpaired) electrons. The average molecular weight is 277 g/mol. The number of hydrogen-bond donors (Lipinski definition) is 0. The number of alkyl halides is 1. The second-order valence-electron chi connectivity index (χ2n) is 4.92. The van der Waals surface area contributed by atoms with Gasteiger partial charge in [-0.3, -0.25) is 4.68 Å². The van der Waals surface area contributed by atoms with Crippen molar-refractivity contribution < 1.29 is 4.74 Å². The summed E-state index contributed by atoms with van der Waals surface area (Å²) in [6.45, 7) is 3.47. The first-order valence-electron chi connectivity index (χ1n) is 6.60. The number of fused-ring (bicyclic) bond motifs is 1. The molecule has 2 heterocycles. The summed E-state index contributed by atoms with van der Waals surface area (Å²) in [5.41, 5.74) is 3.72. The van der Waals surface area contributed by atoms with E-state index in [9.17, 15) is 0 Å². The van der Waals surface area contributed by atoms with Gasteiger partial charge in [-0.25, -0.2) is 0 Å². The van der Waals surface area contributed by atoms with E-state index >= 15 is 0 Å². The SMILES string of the molecule is CC(Cl)c1cnn(CC2OCCc3ccccc32)c1. The van der Waals surface area contributed by atoms with Crippen LogP contribution < -0.4 is 0 Å². The van der Waals surface area contributed by atoms with Crippen molar-refractivity contribution in [2.24, 2.45) is 0 Å². The van der Waals surface area contributed by atoms with Crippen molar-refractivity contribution in [3.8, 4) is 0 Å². The summed E-state index contributed by atoms with van der Waals surface area (Å²) in [6.07, 6.45) is 4.91. The van der Waals surface area contributed by atoms with E-state index in [1.54, 1.807) is 0 Å². The molecule has 2 unspecified atom stereocenters. The van der Waals surface area contributed by atoms with Crippen LogP contribution in [0.2, 0.25) is 0 Å². The van der Waals surface area contributed by atoms with Gasteiger partial charge in [0.15, 0.2) is 0 Å². The molecule has 3 rings (SSSR count). The number of benzene rings is 1. The first-order valence-corrected chi connectivity index (χ1v) is 7.03. The minimum atomic E-state index is -0.00619. The van der Waals surface area contributed by atoms with E-state index < -0.39 is 0 Å². The summed E-state index contributed by atoms with van der Waals surface area (Å²) in [7, 11) is 0. The Bertz CT molecular complexity index is 565. The Morgan fingerprint density at radius 2 is 2.32 bits per heavy atom. The van der Waals surface area contributed by atoms with E-state index in [4.69, 9.17) is 16.3 Å². The van der Waals surface area contributed by atoms with Crippen LogP contribution in [0, 0.1) is 0 Å². The van der Waals surface area contributed by atoms with Crippen LogP contribution in [0.15, 0.2) is 36.7 Å². The lowest BCUT2D eigenvalue weighted by Crippen LogP contribution is -2.20. The second kappa shape index (κ2) is 5.35.